The Labute approximate surface area is 185 Å². The highest BCUT2D eigenvalue weighted by molar-refractivity contribution is 5.97. The molecule has 0 unspecified atom stereocenters. The molecule has 3 rings (SSSR count). The number of rotatable bonds is 7. The van der Waals surface area contributed by atoms with E-state index in [1.54, 1.807) is 30.3 Å². The van der Waals surface area contributed by atoms with Crippen LogP contribution in [0.15, 0.2) is 51.7 Å². The highest BCUT2D eigenvalue weighted by atomic mass is 19.1. The third-order valence-electron chi connectivity index (χ3n) is 4.60. The van der Waals surface area contributed by atoms with Crippen molar-refractivity contribution in [3.8, 4) is 5.75 Å². The predicted molar refractivity (Wildman–Crippen MR) is 109 cm³/mol. The van der Waals surface area contributed by atoms with E-state index in [0.29, 0.717) is 17.7 Å². The van der Waals surface area contributed by atoms with Gasteiger partial charge in [-0.25, -0.2) is 18.0 Å². The molecular weight excluding hydrogens is 443 g/mol. The molecule has 1 aromatic heterocycles. The summed E-state index contributed by atoms with van der Waals surface area (Å²) in [7, 11) is 1.07. The zero-order valence-corrected chi connectivity index (χ0v) is 17.5. The van der Waals surface area contributed by atoms with Crippen LogP contribution in [-0.4, -0.2) is 19.0 Å². The molecule has 0 aliphatic heterocycles. The molecule has 10 heteroatoms. The molecular formula is C23H18F3NO6. The maximum atomic E-state index is 13.8. The monoisotopic (exact) mass is 461 g/mol. The minimum atomic E-state index is -1.20. The molecule has 172 valence electrons. The summed E-state index contributed by atoms with van der Waals surface area (Å²) < 4.78 is 56.2. The Kier molecular flexibility index (Phi) is 7.17. The van der Waals surface area contributed by atoms with E-state index in [9.17, 15) is 27.6 Å². The first kappa shape index (κ1) is 23.6. The number of ether oxygens (including phenoxy) is 2. The molecule has 1 heterocycles. The van der Waals surface area contributed by atoms with Gasteiger partial charge in [-0.15, -0.1) is 0 Å². The fourth-order valence-corrected chi connectivity index (χ4v) is 2.98. The summed E-state index contributed by atoms with van der Waals surface area (Å²) in [6, 6.07) is 9.61. The van der Waals surface area contributed by atoms with Gasteiger partial charge in [0.15, 0.2) is 0 Å². The third-order valence-corrected chi connectivity index (χ3v) is 4.60. The van der Waals surface area contributed by atoms with Gasteiger partial charge in [0.05, 0.1) is 7.11 Å². The summed E-state index contributed by atoms with van der Waals surface area (Å²) in [6.07, 6.45) is 0. The fourth-order valence-electron chi connectivity index (χ4n) is 2.98. The van der Waals surface area contributed by atoms with Crippen LogP contribution in [0, 0.1) is 24.4 Å². The molecule has 0 fully saturated rings. The lowest BCUT2D eigenvalue weighted by Crippen LogP contribution is -2.31. The topological polar surface area (TPSA) is 94.8 Å². The van der Waals surface area contributed by atoms with Crippen molar-refractivity contribution in [2.45, 2.75) is 20.1 Å². The van der Waals surface area contributed by atoms with E-state index in [0.717, 1.165) is 7.11 Å². The molecule has 0 aliphatic carbocycles. The van der Waals surface area contributed by atoms with Crippen LogP contribution in [0.5, 0.6) is 5.75 Å². The SMILES string of the molecule is COC(=O)c1oc(C)c(C(=O)NCc2c(F)cc(F)cc2F)c(=O)c1OCc1ccccc1. The van der Waals surface area contributed by atoms with Crippen molar-refractivity contribution >= 4 is 11.9 Å². The largest absolute Gasteiger partial charge is 0.481 e. The summed E-state index contributed by atoms with van der Waals surface area (Å²) >= 11 is 0. The molecule has 0 saturated heterocycles. The van der Waals surface area contributed by atoms with Gasteiger partial charge >= 0.3 is 5.97 Å². The molecule has 0 atom stereocenters. The van der Waals surface area contributed by atoms with E-state index >= 15 is 0 Å². The molecule has 0 saturated carbocycles. The van der Waals surface area contributed by atoms with Gasteiger partial charge in [0.1, 0.15) is 35.4 Å². The first-order valence-corrected chi connectivity index (χ1v) is 9.57. The lowest BCUT2D eigenvalue weighted by atomic mass is 10.1. The minimum absolute atomic E-state index is 0.119. The first-order chi connectivity index (χ1) is 15.7. The van der Waals surface area contributed by atoms with Gasteiger partial charge in [-0.2, -0.15) is 0 Å². The van der Waals surface area contributed by atoms with Crippen molar-refractivity contribution in [1.82, 2.24) is 5.32 Å². The quantitative estimate of drug-likeness (QED) is 0.540. The molecule has 1 N–H and O–H groups in total. The van der Waals surface area contributed by atoms with Crippen LogP contribution in [-0.2, 0) is 17.9 Å². The second-order valence-corrected chi connectivity index (χ2v) is 6.82. The number of methoxy groups -OCH3 is 1. The van der Waals surface area contributed by atoms with Crippen LogP contribution in [0.2, 0.25) is 0 Å². The molecule has 3 aromatic rings. The standard InChI is InChI=1S/C23H18F3NO6/c1-12-18(22(29)27-10-15-16(25)8-14(24)9-17(15)26)19(28)20(21(33-12)23(30)31-2)32-11-13-6-4-3-5-7-13/h3-9H,10-11H2,1-2H3,(H,27,29). The third kappa shape index (κ3) is 5.22. The van der Waals surface area contributed by atoms with Crippen LogP contribution < -0.4 is 15.5 Å². The Morgan fingerprint density at radius 1 is 1.06 bits per heavy atom. The summed E-state index contributed by atoms with van der Waals surface area (Å²) in [4.78, 5) is 37.8. The summed E-state index contributed by atoms with van der Waals surface area (Å²) in [5.74, 6) is -6.90. The van der Waals surface area contributed by atoms with E-state index in [4.69, 9.17) is 9.15 Å². The van der Waals surface area contributed by atoms with E-state index < -0.39 is 63.9 Å². The lowest BCUT2D eigenvalue weighted by molar-refractivity contribution is 0.0549. The molecule has 0 aliphatic rings. The summed E-state index contributed by atoms with van der Waals surface area (Å²) in [6.45, 7) is 0.461. The van der Waals surface area contributed by atoms with E-state index in [-0.39, 0.29) is 12.4 Å². The number of hydrogen-bond donors (Lipinski definition) is 1. The molecule has 1 amide bonds. The van der Waals surface area contributed by atoms with Crippen LogP contribution in [0.1, 0.15) is 37.8 Å². The van der Waals surface area contributed by atoms with Crippen LogP contribution >= 0.6 is 0 Å². The maximum Gasteiger partial charge on any atom is 0.378 e. The lowest BCUT2D eigenvalue weighted by Gasteiger charge is -2.13. The van der Waals surface area contributed by atoms with Crippen molar-refractivity contribution < 1.29 is 36.7 Å². The van der Waals surface area contributed by atoms with E-state index in [1.165, 1.54) is 6.92 Å². The van der Waals surface area contributed by atoms with E-state index in [1.807, 2.05) is 0 Å². The zero-order chi connectivity index (χ0) is 24.1. The van der Waals surface area contributed by atoms with Crippen molar-refractivity contribution in [3.05, 3.63) is 98.4 Å². The number of halogens is 3. The molecule has 2 aromatic carbocycles. The van der Waals surface area contributed by atoms with Gasteiger partial charge in [-0.05, 0) is 12.5 Å². The highest BCUT2D eigenvalue weighted by Gasteiger charge is 2.28. The minimum Gasteiger partial charge on any atom is -0.481 e. The number of nitrogens with one attached hydrogen (secondary N) is 1. The Morgan fingerprint density at radius 3 is 2.30 bits per heavy atom. The van der Waals surface area contributed by atoms with Gasteiger partial charge < -0.3 is 19.2 Å². The second-order valence-electron chi connectivity index (χ2n) is 6.82. The van der Waals surface area contributed by atoms with Crippen molar-refractivity contribution in [2.75, 3.05) is 7.11 Å². The number of benzene rings is 2. The predicted octanol–water partition coefficient (Wildman–Crippen LogP) is 3.66. The molecule has 7 nitrogen and oxygen atoms in total. The van der Waals surface area contributed by atoms with Crippen LogP contribution in [0.25, 0.3) is 0 Å². The average Bonchev–Trinajstić information content (AvgIpc) is 2.77. The van der Waals surface area contributed by atoms with Crippen LogP contribution in [0.4, 0.5) is 13.2 Å². The molecule has 0 radical (unpaired) electrons. The number of carbonyl (C=O) groups excluding carboxylic acids is 2. The van der Waals surface area contributed by atoms with Crippen molar-refractivity contribution in [2.24, 2.45) is 0 Å². The number of carbonyl (C=O) groups is 2. The number of aryl methyl sites for hydroxylation is 1. The average molecular weight is 461 g/mol. The number of amides is 1. The normalized spacial score (nSPS) is 10.6. The first-order valence-electron chi connectivity index (χ1n) is 9.57. The van der Waals surface area contributed by atoms with Gasteiger partial charge in [0, 0.05) is 24.2 Å². The molecule has 33 heavy (non-hydrogen) atoms. The zero-order valence-electron chi connectivity index (χ0n) is 17.5. The Balaban J connectivity index is 1.93. The van der Waals surface area contributed by atoms with Gasteiger partial charge in [0.2, 0.25) is 11.2 Å². The number of hydrogen-bond acceptors (Lipinski definition) is 6. The highest BCUT2D eigenvalue weighted by Crippen LogP contribution is 2.21. The second kappa shape index (κ2) is 10.0. The summed E-state index contributed by atoms with van der Waals surface area (Å²) in [5, 5.41) is 2.19. The van der Waals surface area contributed by atoms with E-state index in [2.05, 4.69) is 10.1 Å². The van der Waals surface area contributed by atoms with Gasteiger partial charge in [-0.1, -0.05) is 30.3 Å². The molecule has 0 spiro atoms. The number of esters is 1. The van der Waals surface area contributed by atoms with Crippen molar-refractivity contribution in [3.63, 3.8) is 0 Å². The van der Waals surface area contributed by atoms with Crippen LogP contribution in [0.3, 0.4) is 0 Å². The van der Waals surface area contributed by atoms with Crippen molar-refractivity contribution in [1.29, 1.82) is 0 Å². The van der Waals surface area contributed by atoms with Gasteiger partial charge in [0.25, 0.3) is 11.7 Å². The Bertz CT molecular complexity index is 1230. The Hall–Kier alpha value is -4.08. The fraction of sp³-hybridized carbons (Fsp3) is 0.174. The smallest absolute Gasteiger partial charge is 0.378 e. The molecule has 0 bridgehead atoms. The maximum absolute atomic E-state index is 13.8. The Morgan fingerprint density at radius 2 is 1.70 bits per heavy atom. The van der Waals surface area contributed by atoms with Gasteiger partial charge in [-0.3, -0.25) is 9.59 Å². The summed E-state index contributed by atoms with van der Waals surface area (Å²) in [5.41, 5.74) is -1.44.